The molecule has 146 valence electrons. The van der Waals surface area contributed by atoms with E-state index in [4.69, 9.17) is 4.52 Å². The molecule has 4 rings (SSSR count). The maximum Gasteiger partial charge on any atom is 0.273 e. The average Bonchev–Trinajstić information content (AvgIpc) is 3.28. The van der Waals surface area contributed by atoms with Crippen LogP contribution in [0.15, 0.2) is 34.9 Å². The number of carbonyl (C=O) groups is 1. The first-order chi connectivity index (χ1) is 13.5. The van der Waals surface area contributed by atoms with E-state index in [1.54, 1.807) is 24.3 Å². The number of hydrogen-bond donors (Lipinski definition) is 1. The van der Waals surface area contributed by atoms with Gasteiger partial charge in [-0.2, -0.15) is 0 Å². The van der Waals surface area contributed by atoms with E-state index in [0.717, 1.165) is 12.2 Å². The second-order valence-corrected chi connectivity index (χ2v) is 7.16. The molecule has 0 fully saturated rings. The molecule has 1 aliphatic heterocycles. The summed E-state index contributed by atoms with van der Waals surface area (Å²) < 4.78 is 21.2. The molecule has 0 bridgehead atoms. The lowest BCUT2D eigenvalue weighted by molar-refractivity contribution is 0.0918. The van der Waals surface area contributed by atoms with Crippen LogP contribution in [-0.2, 0) is 19.5 Å². The molecule has 0 aliphatic carbocycles. The summed E-state index contributed by atoms with van der Waals surface area (Å²) in [6, 6.07) is 7.99. The number of rotatable bonds is 5. The Morgan fingerprint density at radius 3 is 2.96 bits per heavy atom. The summed E-state index contributed by atoms with van der Waals surface area (Å²) in [7, 11) is 3.82. The van der Waals surface area contributed by atoms with Crippen LogP contribution in [0.2, 0.25) is 0 Å². The van der Waals surface area contributed by atoms with Crippen molar-refractivity contribution >= 4 is 5.91 Å². The molecule has 1 aromatic carbocycles. The molecule has 0 saturated heterocycles. The van der Waals surface area contributed by atoms with Gasteiger partial charge in [0.05, 0.1) is 12.1 Å². The second kappa shape index (κ2) is 7.51. The van der Waals surface area contributed by atoms with E-state index < -0.39 is 0 Å². The molecule has 28 heavy (non-hydrogen) atoms. The molecule has 1 unspecified atom stereocenters. The number of aromatic nitrogens is 4. The van der Waals surface area contributed by atoms with Gasteiger partial charge >= 0.3 is 0 Å². The summed E-state index contributed by atoms with van der Waals surface area (Å²) in [4.78, 5) is 14.5. The van der Waals surface area contributed by atoms with Crippen LogP contribution in [0.25, 0.3) is 11.4 Å². The molecule has 3 aromatic rings. The number of nitrogens with zero attached hydrogens (tertiary/aromatic N) is 5. The Balaban J connectivity index is 1.48. The van der Waals surface area contributed by atoms with Crippen LogP contribution in [0, 0.1) is 5.82 Å². The lowest BCUT2D eigenvalue weighted by Gasteiger charge is -2.25. The van der Waals surface area contributed by atoms with Gasteiger partial charge in [0.25, 0.3) is 5.91 Å². The third-order valence-corrected chi connectivity index (χ3v) is 4.66. The van der Waals surface area contributed by atoms with Gasteiger partial charge in [-0.05, 0) is 32.6 Å². The summed E-state index contributed by atoms with van der Waals surface area (Å²) in [5.41, 5.74) is 0.652. The highest BCUT2D eigenvalue weighted by atomic mass is 19.1. The number of halogens is 1. The fourth-order valence-corrected chi connectivity index (χ4v) is 3.35. The molecule has 1 N–H and O–H groups in total. The van der Waals surface area contributed by atoms with Crippen LogP contribution in [-0.4, -0.2) is 50.9 Å². The zero-order valence-corrected chi connectivity index (χ0v) is 15.7. The maximum atomic E-state index is 14.2. The van der Waals surface area contributed by atoms with Gasteiger partial charge < -0.3 is 19.3 Å². The van der Waals surface area contributed by atoms with E-state index >= 15 is 0 Å². The molecule has 0 spiro atoms. The second-order valence-electron chi connectivity index (χ2n) is 7.16. The van der Waals surface area contributed by atoms with Gasteiger partial charge in [0.2, 0.25) is 0 Å². The quantitative estimate of drug-likeness (QED) is 0.723. The van der Waals surface area contributed by atoms with Crippen LogP contribution >= 0.6 is 0 Å². The highest BCUT2D eigenvalue weighted by molar-refractivity contribution is 5.92. The highest BCUT2D eigenvalue weighted by Crippen LogP contribution is 2.25. The van der Waals surface area contributed by atoms with Gasteiger partial charge in [-0.3, -0.25) is 4.79 Å². The molecule has 1 atom stereocenters. The number of benzene rings is 1. The Bertz CT molecular complexity index is 996. The van der Waals surface area contributed by atoms with Crippen molar-refractivity contribution in [2.75, 3.05) is 14.1 Å². The van der Waals surface area contributed by atoms with Crippen molar-refractivity contribution in [3.8, 4) is 11.4 Å². The van der Waals surface area contributed by atoms with Crippen LogP contribution in [0.4, 0.5) is 4.39 Å². The lowest BCUT2D eigenvalue weighted by Crippen LogP contribution is -2.41. The number of aryl methyl sites for hydroxylation is 1. The normalized spacial score (nSPS) is 16.2. The third-order valence-electron chi connectivity index (χ3n) is 4.66. The van der Waals surface area contributed by atoms with E-state index in [-0.39, 0.29) is 23.5 Å². The minimum Gasteiger partial charge on any atom is -0.359 e. The SMILES string of the molecule is CN(C)Cc1cc(C(=O)NC2CCc3nnc(-c4ccccc4F)n3C2)no1. The molecule has 3 heterocycles. The zero-order valence-electron chi connectivity index (χ0n) is 15.7. The standard InChI is InChI=1S/C19H21FN6O2/c1-25(2)11-13-9-16(24-28-13)19(27)21-12-7-8-17-22-23-18(26(17)10-12)14-5-3-4-6-15(14)20/h3-6,9,12H,7-8,10-11H2,1-2H3,(H,21,27). The molecule has 0 saturated carbocycles. The smallest absolute Gasteiger partial charge is 0.273 e. The van der Waals surface area contributed by atoms with Gasteiger partial charge in [0.15, 0.2) is 17.3 Å². The largest absolute Gasteiger partial charge is 0.359 e. The van der Waals surface area contributed by atoms with Gasteiger partial charge in [-0.15, -0.1) is 10.2 Å². The first-order valence-corrected chi connectivity index (χ1v) is 9.09. The van der Waals surface area contributed by atoms with Crippen molar-refractivity contribution in [1.29, 1.82) is 0 Å². The number of carbonyl (C=O) groups excluding carboxylic acids is 1. The summed E-state index contributed by atoms with van der Waals surface area (Å²) >= 11 is 0. The van der Waals surface area contributed by atoms with Crippen LogP contribution in [0.5, 0.6) is 0 Å². The fourth-order valence-electron chi connectivity index (χ4n) is 3.35. The van der Waals surface area contributed by atoms with E-state index in [2.05, 4.69) is 20.7 Å². The Labute approximate surface area is 161 Å². The predicted molar refractivity (Wildman–Crippen MR) is 98.9 cm³/mol. The first-order valence-electron chi connectivity index (χ1n) is 9.09. The number of nitrogens with one attached hydrogen (secondary N) is 1. The predicted octanol–water partition coefficient (Wildman–Crippen LogP) is 1.88. The minimum absolute atomic E-state index is 0.129. The fraction of sp³-hybridized carbons (Fsp3) is 0.368. The Morgan fingerprint density at radius 2 is 2.18 bits per heavy atom. The summed E-state index contributed by atoms with van der Waals surface area (Å²) in [6.07, 6.45) is 1.38. The third kappa shape index (κ3) is 3.65. The number of hydrogen-bond acceptors (Lipinski definition) is 6. The van der Waals surface area contributed by atoms with E-state index in [0.29, 0.717) is 36.7 Å². The van der Waals surface area contributed by atoms with E-state index in [1.807, 2.05) is 23.6 Å². The molecule has 1 aliphatic rings. The Kier molecular flexibility index (Phi) is 4.91. The average molecular weight is 384 g/mol. The van der Waals surface area contributed by atoms with Crippen molar-refractivity contribution < 1.29 is 13.7 Å². The lowest BCUT2D eigenvalue weighted by atomic mass is 10.1. The van der Waals surface area contributed by atoms with Gasteiger partial charge in [-0.25, -0.2) is 4.39 Å². The molecule has 0 radical (unpaired) electrons. The molecule has 2 aromatic heterocycles. The Morgan fingerprint density at radius 1 is 1.36 bits per heavy atom. The van der Waals surface area contributed by atoms with Gasteiger partial charge in [0.1, 0.15) is 11.6 Å². The van der Waals surface area contributed by atoms with Crippen LogP contribution < -0.4 is 5.32 Å². The topological polar surface area (TPSA) is 89.1 Å². The van der Waals surface area contributed by atoms with Crippen molar-refractivity contribution in [2.45, 2.75) is 32.0 Å². The highest BCUT2D eigenvalue weighted by Gasteiger charge is 2.26. The number of fused-ring (bicyclic) bond motifs is 1. The van der Waals surface area contributed by atoms with Crippen molar-refractivity contribution in [3.05, 3.63) is 53.4 Å². The number of amides is 1. The maximum absolute atomic E-state index is 14.2. The summed E-state index contributed by atoms with van der Waals surface area (Å²) in [6.45, 7) is 1.04. The van der Waals surface area contributed by atoms with Crippen molar-refractivity contribution in [3.63, 3.8) is 0 Å². The van der Waals surface area contributed by atoms with Gasteiger partial charge in [-0.1, -0.05) is 17.3 Å². The molecule has 8 nitrogen and oxygen atoms in total. The zero-order chi connectivity index (χ0) is 19.7. The summed E-state index contributed by atoms with van der Waals surface area (Å²) in [5.74, 6) is 1.25. The first kappa shape index (κ1) is 18.3. The molecular formula is C19H21FN6O2. The molecule has 1 amide bonds. The van der Waals surface area contributed by atoms with E-state index in [9.17, 15) is 9.18 Å². The van der Waals surface area contributed by atoms with E-state index in [1.165, 1.54) is 6.07 Å². The van der Waals surface area contributed by atoms with Crippen LogP contribution in [0.1, 0.15) is 28.5 Å². The molecule has 9 heteroatoms. The minimum atomic E-state index is -0.347. The Hall–Kier alpha value is -3.07. The summed E-state index contributed by atoms with van der Waals surface area (Å²) in [5, 5.41) is 15.2. The van der Waals surface area contributed by atoms with Crippen molar-refractivity contribution in [1.82, 2.24) is 30.1 Å². The monoisotopic (exact) mass is 384 g/mol. The van der Waals surface area contributed by atoms with Crippen molar-refractivity contribution in [2.24, 2.45) is 0 Å². The van der Waals surface area contributed by atoms with Gasteiger partial charge in [0, 0.05) is 25.1 Å². The molecular weight excluding hydrogens is 363 g/mol. The van der Waals surface area contributed by atoms with Crippen LogP contribution in [0.3, 0.4) is 0 Å².